The fourth-order valence-corrected chi connectivity index (χ4v) is 0.521. The van der Waals surface area contributed by atoms with Gasteiger partial charge in [-0.2, -0.15) is 0 Å². The maximum atomic E-state index is 9.98. The number of rotatable bonds is 1. The summed E-state index contributed by atoms with van der Waals surface area (Å²) in [4.78, 5) is 9.50. The van der Waals surface area contributed by atoms with E-state index in [1.807, 2.05) is 0 Å². The van der Waals surface area contributed by atoms with Crippen molar-refractivity contribution < 1.29 is 4.92 Å². The summed E-state index contributed by atoms with van der Waals surface area (Å²) in [5.74, 6) is 0. The zero-order chi connectivity index (χ0) is 6.69. The van der Waals surface area contributed by atoms with Crippen molar-refractivity contribution in [2.45, 2.75) is 6.42 Å². The van der Waals surface area contributed by atoms with Crippen LogP contribution < -0.4 is 0 Å². The number of hydrogen-bond acceptors (Lipinski definition) is 2. The van der Waals surface area contributed by atoms with Gasteiger partial charge in [0.1, 0.15) is 0 Å². The van der Waals surface area contributed by atoms with E-state index in [0.29, 0.717) is 6.42 Å². The molecule has 0 fully saturated rings. The van der Waals surface area contributed by atoms with Gasteiger partial charge >= 0.3 is 0 Å². The number of nitro groups is 1. The van der Waals surface area contributed by atoms with E-state index < -0.39 is 4.92 Å². The third kappa shape index (κ3) is 1.38. The second kappa shape index (κ2) is 2.44. The highest BCUT2D eigenvalue weighted by Gasteiger charge is 2.10. The van der Waals surface area contributed by atoms with Gasteiger partial charge in [-0.3, -0.25) is 10.1 Å². The molecule has 0 unspecified atom stereocenters. The van der Waals surface area contributed by atoms with Gasteiger partial charge < -0.3 is 0 Å². The van der Waals surface area contributed by atoms with Crippen LogP contribution in [0.3, 0.4) is 0 Å². The molecule has 0 aromatic carbocycles. The minimum absolute atomic E-state index is 0.0116. The molecule has 3 nitrogen and oxygen atoms in total. The van der Waals surface area contributed by atoms with Gasteiger partial charge in [0, 0.05) is 6.08 Å². The van der Waals surface area contributed by atoms with Crippen LogP contribution in [0, 0.1) is 22.6 Å². The Hall–Kier alpha value is -1.12. The van der Waals surface area contributed by atoms with Crippen LogP contribution in [0.15, 0.2) is 17.8 Å². The molecule has 0 saturated heterocycles. The van der Waals surface area contributed by atoms with E-state index in [2.05, 4.69) is 12.5 Å². The molecule has 45 valence electrons. The summed E-state index contributed by atoms with van der Waals surface area (Å²) in [7, 11) is 0. The van der Waals surface area contributed by atoms with Gasteiger partial charge in [-0.1, -0.05) is 6.08 Å². The van der Waals surface area contributed by atoms with Crippen LogP contribution in [-0.4, -0.2) is 4.92 Å². The Morgan fingerprint density at radius 3 is 2.89 bits per heavy atom. The third-order valence-corrected chi connectivity index (χ3v) is 0.920. The summed E-state index contributed by atoms with van der Waals surface area (Å²) in [6, 6.07) is 0. The molecule has 3 radical (unpaired) electrons. The molecule has 1 rings (SSSR count). The van der Waals surface area contributed by atoms with Gasteiger partial charge in [-0.25, -0.2) is 0 Å². The maximum Gasteiger partial charge on any atom is 0.255 e. The Balaban J connectivity index is 2.68. The van der Waals surface area contributed by atoms with Crippen molar-refractivity contribution in [1.82, 2.24) is 0 Å². The lowest BCUT2D eigenvalue weighted by Gasteiger charge is -1.95. The van der Waals surface area contributed by atoms with Gasteiger partial charge in [0.15, 0.2) is 0 Å². The monoisotopic (exact) mass is 122 g/mol. The molecular weight excluding hydrogens is 118 g/mol. The van der Waals surface area contributed by atoms with Crippen LogP contribution >= 0.6 is 0 Å². The van der Waals surface area contributed by atoms with Crippen molar-refractivity contribution in [3.8, 4) is 0 Å². The smallest absolute Gasteiger partial charge is 0.255 e. The van der Waals surface area contributed by atoms with Crippen LogP contribution in [0.25, 0.3) is 0 Å². The molecule has 1 aliphatic carbocycles. The topological polar surface area (TPSA) is 43.1 Å². The first-order valence-corrected chi connectivity index (χ1v) is 2.47. The number of nitrogens with zero attached hydrogens (tertiary/aromatic N) is 1. The highest BCUT2D eigenvalue weighted by atomic mass is 16.6. The van der Waals surface area contributed by atoms with Crippen LogP contribution in [-0.2, 0) is 0 Å². The summed E-state index contributed by atoms with van der Waals surface area (Å²) < 4.78 is 0. The second-order valence-electron chi connectivity index (χ2n) is 1.54. The molecule has 0 aromatic heterocycles. The molecule has 3 heteroatoms. The molecule has 0 bridgehead atoms. The zero-order valence-corrected chi connectivity index (χ0v) is 4.63. The van der Waals surface area contributed by atoms with Gasteiger partial charge in [-0.05, 0) is 12.5 Å². The molecule has 0 aromatic rings. The highest BCUT2D eigenvalue weighted by Crippen LogP contribution is 2.09. The summed E-state index contributed by atoms with van der Waals surface area (Å²) in [6.07, 6.45) is 8.68. The third-order valence-electron chi connectivity index (χ3n) is 0.920. The van der Waals surface area contributed by atoms with Crippen molar-refractivity contribution in [3.63, 3.8) is 0 Å². The normalized spacial score (nSPS) is 17.1. The van der Waals surface area contributed by atoms with Gasteiger partial charge in [0.2, 0.25) is 0 Å². The fourth-order valence-electron chi connectivity index (χ4n) is 0.521. The average molecular weight is 122 g/mol. The number of allylic oxidation sites excluding steroid dienone is 4. The lowest BCUT2D eigenvalue weighted by Crippen LogP contribution is -2.00. The van der Waals surface area contributed by atoms with E-state index in [1.165, 1.54) is 6.08 Å². The van der Waals surface area contributed by atoms with E-state index in [9.17, 15) is 10.1 Å². The Morgan fingerprint density at radius 2 is 2.56 bits per heavy atom. The molecule has 9 heavy (non-hydrogen) atoms. The predicted octanol–water partition coefficient (Wildman–Crippen LogP) is 0.991. The van der Waals surface area contributed by atoms with E-state index in [0.717, 1.165) is 0 Å². The number of hydrogen-bond donors (Lipinski definition) is 0. The van der Waals surface area contributed by atoms with Crippen LogP contribution in [0.1, 0.15) is 6.42 Å². The largest absolute Gasteiger partial charge is 0.259 e. The standard InChI is InChI=1S/C6H4NO2/c8-7(9)6-4-2-1-3-5-6/h1,5H,2H2. The Bertz CT molecular complexity index is 181. The molecule has 0 atom stereocenters. The van der Waals surface area contributed by atoms with Gasteiger partial charge in [-0.15, -0.1) is 0 Å². The predicted molar refractivity (Wildman–Crippen MR) is 30.8 cm³/mol. The quantitative estimate of drug-likeness (QED) is 0.384. The molecule has 0 amide bonds. The molecule has 0 N–H and O–H groups in total. The lowest BCUT2D eigenvalue weighted by atomic mass is 10.1. The zero-order valence-electron chi connectivity index (χ0n) is 4.63. The minimum Gasteiger partial charge on any atom is -0.259 e. The summed E-state index contributed by atoms with van der Waals surface area (Å²) in [5, 5.41) is 9.98. The molecule has 0 spiro atoms. The van der Waals surface area contributed by atoms with Crippen molar-refractivity contribution in [2.24, 2.45) is 0 Å². The summed E-state index contributed by atoms with van der Waals surface area (Å²) in [5.41, 5.74) is 0.0116. The lowest BCUT2D eigenvalue weighted by molar-refractivity contribution is -0.421. The van der Waals surface area contributed by atoms with E-state index in [-0.39, 0.29) is 5.70 Å². The highest BCUT2D eigenvalue weighted by molar-refractivity contribution is 5.16. The Morgan fingerprint density at radius 1 is 1.78 bits per heavy atom. The molecule has 1 aliphatic rings. The fraction of sp³-hybridized carbons (Fsp3) is 0.167. The van der Waals surface area contributed by atoms with Crippen molar-refractivity contribution in [3.05, 3.63) is 40.5 Å². The SMILES string of the molecule is O=[N+]([O-])C1=C[C]=CC[C]1. The van der Waals surface area contributed by atoms with Crippen LogP contribution in [0.5, 0.6) is 0 Å². The maximum absolute atomic E-state index is 9.98. The first-order chi connectivity index (χ1) is 4.30. The van der Waals surface area contributed by atoms with Crippen LogP contribution in [0.4, 0.5) is 0 Å². The molecule has 0 aliphatic heterocycles. The van der Waals surface area contributed by atoms with Gasteiger partial charge in [0.25, 0.3) is 5.70 Å². The summed E-state index contributed by atoms with van der Waals surface area (Å²) in [6.45, 7) is 0. The van der Waals surface area contributed by atoms with Crippen molar-refractivity contribution in [1.29, 1.82) is 0 Å². The van der Waals surface area contributed by atoms with Crippen molar-refractivity contribution >= 4 is 0 Å². The van der Waals surface area contributed by atoms with E-state index in [1.54, 1.807) is 6.08 Å². The summed E-state index contributed by atoms with van der Waals surface area (Å²) >= 11 is 0. The molecular formula is C6H4NO2. The first-order valence-electron chi connectivity index (χ1n) is 2.47. The Kier molecular flexibility index (Phi) is 1.63. The van der Waals surface area contributed by atoms with E-state index in [4.69, 9.17) is 0 Å². The first kappa shape index (κ1) is 6.01. The van der Waals surface area contributed by atoms with Crippen LogP contribution in [0.2, 0.25) is 0 Å². The van der Waals surface area contributed by atoms with Gasteiger partial charge in [0.05, 0.1) is 11.3 Å². The average Bonchev–Trinajstić information content (AvgIpc) is 1.90. The Labute approximate surface area is 52.8 Å². The minimum atomic E-state index is -0.472. The van der Waals surface area contributed by atoms with E-state index >= 15 is 0 Å². The van der Waals surface area contributed by atoms with Crippen molar-refractivity contribution in [2.75, 3.05) is 0 Å². The molecule has 0 saturated carbocycles. The molecule has 0 heterocycles. The second-order valence-corrected chi connectivity index (χ2v) is 1.54.